The van der Waals surface area contributed by atoms with Gasteiger partial charge in [0.05, 0.1) is 11.4 Å². The summed E-state index contributed by atoms with van der Waals surface area (Å²) in [6.45, 7) is -0.667. The number of rotatable bonds is 12. The van der Waals surface area contributed by atoms with Crippen LogP contribution in [0.1, 0.15) is 29.6 Å². The van der Waals surface area contributed by atoms with Crippen LogP contribution in [-0.2, 0) is 24.4 Å². The average molecular weight is 574 g/mol. The fourth-order valence-electron chi connectivity index (χ4n) is 4.16. The Labute approximate surface area is 230 Å². The van der Waals surface area contributed by atoms with E-state index in [1.807, 2.05) is 0 Å². The Balaban J connectivity index is 1.49. The molecule has 8 N–H and O–H groups in total. The van der Waals surface area contributed by atoms with Crippen LogP contribution in [0.5, 0.6) is 0 Å². The molecule has 0 radical (unpaired) electrons. The average Bonchev–Trinajstić information content (AvgIpc) is 3.38. The normalized spacial score (nSPS) is 15.9. The van der Waals surface area contributed by atoms with Crippen molar-refractivity contribution in [2.75, 3.05) is 25.0 Å². The summed E-state index contributed by atoms with van der Waals surface area (Å²) in [6, 6.07) is 11.8. The van der Waals surface area contributed by atoms with Crippen molar-refractivity contribution in [1.29, 1.82) is 5.41 Å². The van der Waals surface area contributed by atoms with Crippen LogP contribution in [-0.4, -0.2) is 79.2 Å². The molecule has 3 amide bonds. The van der Waals surface area contributed by atoms with Crippen LogP contribution in [0.2, 0.25) is 0 Å². The minimum absolute atomic E-state index is 0.112. The fraction of sp³-hybridized carbons (Fsp3) is 0.320. The highest BCUT2D eigenvalue weighted by Crippen LogP contribution is 2.27. The summed E-state index contributed by atoms with van der Waals surface area (Å²) in [5.74, 6) is -3.66. The lowest BCUT2D eigenvalue weighted by atomic mass is 10.1. The topological polar surface area (TPSA) is 224 Å². The molecule has 2 aromatic carbocycles. The number of hydrogen-bond donors (Lipinski definition) is 7. The third kappa shape index (κ3) is 8.25. The summed E-state index contributed by atoms with van der Waals surface area (Å²) >= 11 is 0. The highest BCUT2D eigenvalue weighted by atomic mass is 32.2. The number of amides is 3. The van der Waals surface area contributed by atoms with Gasteiger partial charge in [0, 0.05) is 36.8 Å². The van der Waals surface area contributed by atoms with E-state index in [2.05, 4.69) is 21.3 Å². The second-order valence-electron chi connectivity index (χ2n) is 8.99. The lowest BCUT2D eigenvalue weighted by Gasteiger charge is -2.24. The molecule has 14 nitrogen and oxygen atoms in total. The number of nitrogens with zero attached hydrogens (tertiary/aromatic N) is 1. The first-order valence-electron chi connectivity index (χ1n) is 12.3. The molecule has 0 unspecified atom stereocenters. The zero-order chi connectivity index (χ0) is 29.3. The smallest absolute Gasteiger partial charge is 0.328 e. The molecule has 0 aliphatic carbocycles. The first-order valence-corrected chi connectivity index (χ1v) is 13.8. The molecule has 3 rings (SSSR count). The molecule has 2 aromatic rings. The van der Waals surface area contributed by atoms with Crippen molar-refractivity contribution in [3.05, 3.63) is 60.2 Å². The van der Waals surface area contributed by atoms with Gasteiger partial charge in [-0.3, -0.25) is 19.8 Å². The Bertz CT molecular complexity index is 1370. The first-order chi connectivity index (χ1) is 19.0. The molecule has 1 heterocycles. The molecule has 1 saturated heterocycles. The number of carboxylic acid groups (broad SMARTS) is 1. The summed E-state index contributed by atoms with van der Waals surface area (Å²) in [7, 11) is -3.81. The van der Waals surface area contributed by atoms with Gasteiger partial charge in [-0.2, -0.15) is 4.31 Å². The van der Waals surface area contributed by atoms with E-state index in [1.54, 1.807) is 30.3 Å². The van der Waals surface area contributed by atoms with Crippen molar-refractivity contribution in [2.45, 2.75) is 36.2 Å². The van der Waals surface area contributed by atoms with Crippen LogP contribution in [0.25, 0.3) is 0 Å². The summed E-state index contributed by atoms with van der Waals surface area (Å²) in [4.78, 5) is 49.0. The fourth-order valence-corrected chi connectivity index (χ4v) is 5.87. The van der Waals surface area contributed by atoms with Crippen molar-refractivity contribution in [3.63, 3.8) is 0 Å². The molecule has 40 heavy (non-hydrogen) atoms. The monoisotopic (exact) mass is 573 g/mol. The maximum absolute atomic E-state index is 13.0. The van der Waals surface area contributed by atoms with Crippen molar-refractivity contribution in [1.82, 2.24) is 20.3 Å². The molecule has 1 aliphatic heterocycles. The summed E-state index contributed by atoms with van der Waals surface area (Å²) in [5.41, 5.74) is 5.87. The van der Waals surface area contributed by atoms with Gasteiger partial charge in [-0.25, -0.2) is 13.2 Å². The maximum atomic E-state index is 13.0. The number of nitrogens with two attached hydrogens (primary N) is 1. The lowest BCUT2D eigenvalue weighted by molar-refractivity contribution is -0.142. The van der Waals surface area contributed by atoms with E-state index in [0.29, 0.717) is 18.5 Å². The van der Waals surface area contributed by atoms with E-state index in [9.17, 15) is 32.7 Å². The third-order valence-electron chi connectivity index (χ3n) is 6.04. The van der Waals surface area contributed by atoms with E-state index in [1.165, 1.54) is 28.6 Å². The Morgan fingerprint density at radius 3 is 2.45 bits per heavy atom. The van der Waals surface area contributed by atoms with Crippen LogP contribution >= 0.6 is 0 Å². The van der Waals surface area contributed by atoms with Crippen LogP contribution in [0.15, 0.2) is 59.5 Å². The van der Waals surface area contributed by atoms with Crippen LogP contribution in [0.4, 0.5) is 5.69 Å². The quantitative estimate of drug-likeness (QED) is 0.130. The molecule has 214 valence electrons. The lowest BCUT2D eigenvalue weighted by Crippen LogP contribution is -2.51. The maximum Gasteiger partial charge on any atom is 0.328 e. The Morgan fingerprint density at radius 2 is 1.77 bits per heavy atom. The minimum atomic E-state index is -3.81. The molecule has 0 saturated carbocycles. The summed E-state index contributed by atoms with van der Waals surface area (Å²) < 4.78 is 27.3. The van der Waals surface area contributed by atoms with Gasteiger partial charge in [0.15, 0.2) is 5.96 Å². The van der Waals surface area contributed by atoms with Gasteiger partial charge in [0.1, 0.15) is 6.04 Å². The molecule has 15 heteroatoms. The van der Waals surface area contributed by atoms with Gasteiger partial charge in [0.25, 0.3) is 5.91 Å². The molecule has 0 aromatic heterocycles. The van der Waals surface area contributed by atoms with Gasteiger partial charge in [0.2, 0.25) is 21.8 Å². The number of carbonyl (C=O) groups is 4. The second-order valence-corrected chi connectivity index (χ2v) is 10.9. The molecule has 1 aliphatic rings. The predicted octanol–water partition coefficient (Wildman–Crippen LogP) is -0.349. The predicted molar refractivity (Wildman–Crippen MR) is 145 cm³/mol. The highest BCUT2D eigenvalue weighted by Gasteiger charge is 2.36. The number of carbonyl (C=O) groups excluding carboxylic acids is 3. The molecular weight excluding hydrogens is 542 g/mol. The van der Waals surface area contributed by atoms with Crippen LogP contribution in [0, 0.1) is 5.41 Å². The van der Waals surface area contributed by atoms with Crippen molar-refractivity contribution < 1.29 is 32.7 Å². The van der Waals surface area contributed by atoms with Gasteiger partial charge in [-0.1, -0.05) is 24.3 Å². The van der Waals surface area contributed by atoms with Crippen LogP contribution < -0.4 is 27.0 Å². The van der Waals surface area contributed by atoms with Crippen molar-refractivity contribution >= 4 is 45.4 Å². The number of nitrogens with one attached hydrogen (secondary N) is 5. The van der Waals surface area contributed by atoms with E-state index < -0.39 is 58.9 Å². The second kappa shape index (κ2) is 13.5. The van der Waals surface area contributed by atoms with Gasteiger partial charge >= 0.3 is 5.97 Å². The van der Waals surface area contributed by atoms with E-state index in [4.69, 9.17) is 11.1 Å². The Morgan fingerprint density at radius 1 is 1.05 bits per heavy atom. The Hall–Kier alpha value is -4.50. The van der Waals surface area contributed by atoms with E-state index in [-0.39, 0.29) is 29.4 Å². The number of aliphatic carboxylic acids is 1. The number of carboxylic acids is 1. The standard InChI is InChI=1S/C25H31N7O7S/c26-25(27)30-17-7-4-6-16(12-17)23(35)29-15-22(34)28-14-20(24(36)37)31-21(33)13-18-8-5-11-32(18)40(38,39)19-9-2-1-3-10-19/h1-4,6-7,9-10,12,18,20H,5,8,11,13-15H2,(H,28,34)(H,29,35)(H,31,33)(H,36,37)(H4,26,27,30)/t18-,20-/m0/s1. The van der Waals surface area contributed by atoms with E-state index in [0.717, 1.165) is 0 Å². The first kappa shape index (κ1) is 30.0. The van der Waals surface area contributed by atoms with Gasteiger partial charge < -0.3 is 32.1 Å². The number of benzene rings is 2. The van der Waals surface area contributed by atoms with Gasteiger partial charge in [-0.15, -0.1) is 0 Å². The minimum Gasteiger partial charge on any atom is -0.480 e. The molecule has 1 fully saturated rings. The number of anilines is 1. The van der Waals surface area contributed by atoms with Crippen molar-refractivity contribution in [3.8, 4) is 0 Å². The highest BCUT2D eigenvalue weighted by molar-refractivity contribution is 7.89. The van der Waals surface area contributed by atoms with Crippen LogP contribution in [0.3, 0.4) is 0 Å². The zero-order valence-electron chi connectivity index (χ0n) is 21.4. The Kier molecular flexibility index (Phi) is 10.2. The zero-order valence-corrected chi connectivity index (χ0v) is 22.2. The molecule has 0 spiro atoms. The SMILES string of the molecule is N=C(N)Nc1cccc(C(=O)NCC(=O)NC[C@H](NC(=O)C[C@@H]2CCCN2S(=O)(=O)c2ccccc2)C(=O)O)c1. The number of hydrogen-bond acceptors (Lipinski definition) is 7. The molecular formula is C25H31N7O7S. The number of sulfonamides is 1. The summed E-state index contributed by atoms with van der Waals surface area (Å²) in [5, 5.41) is 26.4. The van der Waals surface area contributed by atoms with Gasteiger partial charge in [-0.05, 0) is 43.2 Å². The van der Waals surface area contributed by atoms with Crippen molar-refractivity contribution in [2.24, 2.45) is 5.73 Å². The molecule has 0 bridgehead atoms. The molecule has 2 atom stereocenters. The number of guanidine groups is 1. The third-order valence-corrected chi connectivity index (χ3v) is 8.01. The van der Waals surface area contributed by atoms with E-state index >= 15 is 0 Å². The summed E-state index contributed by atoms with van der Waals surface area (Å²) in [6.07, 6.45) is 0.768. The largest absolute Gasteiger partial charge is 0.480 e.